The largest absolute Gasteiger partial charge is 0.481 e. The second-order valence-corrected chi connectivity index (χ2v) is 8.63. The molecule has 3 aliphatic rings. The lowest BCUT2D eigenvalue weighted by Crippen LogP contribution is -2.57. The van der Waals surface area contributed by atoms with Gasteiger partial charge in [-0.05, 0) is 54.9 Å². The van der Waals surface area contributed by atoms with E-state index in [4.69, 9.17) is 0 Å². The van der Waals surface area contributed by atoms with Gasteiger partial charge in [0.2, 0.25) is 0 Å². The van der Waals surface area contributed by atoms with Crippen molar-refractivity contribution < 1.29 is 20.1 Å². The molecule has 0 unspecified atom stereocenters. The molecule has 2 saturated carbocycles. The smallest absolute Gasteiger partial charge is 0.310 e. The van der Waals surface area contributed by atoms with Crippen molar-refractivity contribution in [2.75, 3.05) is 6.61 Å². The van der Waals surface area contributed by atoms with Gasteiger partial charge < -0.3 is 15.3 Å². The molecule has 0 heterocycles. The van der Waals surface area contributed by atoms with Crippen molar-refractivity contribution in [1.29, 1.82) is 0 Å². The third kappa shape index (κ3) is 2.30. The van der Waals surface area contributed by atoms with Crippen LogP contribution in [0.1, 0.15) is 46.5 Å². The molecule has 0 spiro atoms. The fourth-order valence-corrected chi connectivity index (χ4v) is 5.91. The van der Waals surface area contributed by atoms with Crippen LogP contribution in [0, 0.1) is 34.5 Å². The van der Waals surface area contributed by atoms with Gasteiger partial charge in [-0.1, -0.05) is 39.0 Å². The molecule has 2 fully saturated rings. The Labute approximate surface area is 144 Å². The van der Waals surface area contributed by atoms with Crippen LogP contribution in [0.3, 0.4) is 0 Å². The predicted octanol–water partition coefficient (Wildman–Crippen LogP) is 3.01. The Morgan fingerprint density at radius 1 is 1.38 bits per heavy atom. The van der Waals surface area contributed by atoms with Gasteiger partial charge in [0.15, 0.2) is 0 Å². The first-order valence-electron chi connectivity index (χ1n) is 9.17. The molecule has 0 radical (unpaired) electrons. The first kappa shape index (κ1) is 17.7. The third-order valence-electron chi connectivity index (χ3n) is 7.31. The first-order chi connectivity index (χ1) is 11.3. The average Bonchev–Trinajstić information content (AvgIpc) is 2.81. The van der Waals surface area contributed by atoms with Crippen molar-refractivity contribution in [3.8, 4) is 0 Å². The lowest BCUT2D eigenvalue weighted by atomic mass is 9.49. The minimum absolute atomic E-state index is 0.0151. The number of carbonyl (C=O) groups is 1. The number of carboxylic acids is 1. The van der Waals surface area contributed by atoms with E-state index < -0.39 is 17.5 Å². The van der Waals surface area contributed by atoms with Crippen molar-refractivity contribution >= 4 is 5.97 Å². The van der Waals surface area contributed by atoms with Crippen molar-refractivity contribution in [2.24, 2.45) is 34.5 Å². The predicted molar refractivity (Wildman–Crippen MR) is 92.3 cm³/mol. The van der Waals surface area contributed by atoms with Crippen LogP contribution in [0.2, 0.25) is 0 Å². The number of hydrogen-bond acceptors (Lipinski definition) is 3. The summed E-state index contributed by atoms with van der Waals surface area (Å²) in [6, 6.07) is 0. The summed E-state index contributed by atoms with van der Waals surface area (Å²) in [5, 5.41) is 30.7. The molecule has 0 aromatic rings. The topological polar surface area (TPSA) is 77.8 Å². The van der Waals surface area contributed by atoms with E-state index in [0.717, 1.165) is 18.4 Å². The Morgan fingerprint density at radius 2 is 2.08 bits per heavy atom. The minimum atomic E-state index is -0.828. The summed E-state index contributed by atoms with van der Waals surface area (Å²) in [5.41, 5.74) is -0.327. The molecule has 4 heteroatoms. The Bertz CT molecular complexity index is 578. The third-order valence-corrected chi connectivity index (χ3v) is 7.31. The molecule has 134 valence electrons. The zero-order valence-corrected chi connectivity index (χ0v) is 14.9. The van der Waals surface area contributed by atoms with Crippen molar-refractivity contribution in [2.45, 2.75) is 52.6 Å². The molecule has 0 aromatic heterocycles. The van der Waals surface area contributed by atoms with Gasteiger partial charge in [-0.3, -0.25) is 4.79 Å². The molecule has 3 N–H and O–H groups in total. The zero-order chi connectivity index (χ0) is 17.7. The van der Waals surface area contributed by atoms with E-state index in [2.05, 4.69) is 26.8 Å². The lowest BCUT2D eigenvalue weighted by molar-refractivity contribution is -0.177. The molecule has 24 heavy (non-hydrogen) atoms. The van der Waals surface area contributed by atoms with E-state index in [1.807, 2.05) is 12.2 Å². The number of aliphatic carboxylic acids is 1. The number of fused-ring (bicyclic) bond motifs is 3. The Hall–Kier alpha value is -1.13. The van der Waals surface area contributed by atoms with Gasteiger partial charge in [-0.25, -0.2) is 0 Å². The SMILES string of the molecule is CC(C)[C@H]1CC[C@H]2[C@@H]3C=CC(CO)=CC[C@]3(C)[C@H](O)C[C@]12C(=O)O. The molecule has 0 aromatic carbocycles. The maximum atomic E-state index is 12.4. The summed E-state index contributed by atoms with van der Waals surface area (Å²) in [6.07, 6.45) is 8.21. The highest BCUT2D eigenvalue weighted by Gasteiger charge is 2.65. The average molecular weight is 334 g/mol. The monoisotopic (exact) mass is 334 g/mol. The summed E-state index contributed by atoms with van der Waals surface area (Å²) >= 11 is 0. The van der Waals surface area contributed by atoms with Crippen LogP contribution >= 0.6 is 0 Å². The van der Waals surface area contributed by atoms with Crippen molar-refractivity contribution in [3.05, 3.63) is 23.8 Å². The van der Waals surface area contributed by atoms with Gasteiger partial charge in [0.1, 0.15) is 0 Å². The maximum absolute atomic E-state index is 12.4. The normalized spacial score (nSPS) is 44.7. The summed E-state index contributed by atoms with van der Waals surface area (Å²) < 4.78 is 0. The highest BCUT2D eigenvalue weighted by Crippen LogP contribution is 2.65. The van der Waals surface area contributed by atoms with Crippen LogP contribution < -0.4 is 0 Å². The number of aliphatic hydroxyl groups is 2. The number of hydrogen-bond donors (Lipinski definition) is 3. The van der Waals surface area contributed by atoms with E-state index in [1.54, 1.807) is 0 Å². The molecule has 3 aliphatic carbocycles. The molecule has 0 saturated heterocycles. The molecular weight excluding hydrogens is 304 g/mol. The van der Waals surface area contributed by atoms with Gasteiger partial charge in [-0.2, -0.15) is 0 Å². The summed E-state index contributed by atoms with van der Waals surface area (Å²) in [7, 11) is 0. The van der Waals surface area contributed by atoms with Gasteiger partial charge in [-0.15, -0.1) is 0 Å². The number of carboxylic acid groups (broad SMARTS) is 1. The van der Waals surface area contributed by atoms with E-state index in [-0.39, 0.29) is 29.8 Å². The van der Waals surface area contributed by atoms with E-state index in [1.165, 1.54) is 0 Å². The Balaban J connectivity index is 2.08. The van der Waals surface area contributed by atoms with Crippen LogP contribution in [0.15, 0.2) is 23.8 Å². The van der Waals surface area contributed by atoms with Gasteiger partial charge in [0.05, 0.1) is 18.1 Å². The van der Waals surface area contributed by atoms with Crippen molar-refractivity contribution in [1.82, 2.24) is 0 Å². The van der Waals surface area contributed by atoms with E-state index in [0.29, 0.717) is 18.8 Å². The standard InChI is InChI=1S/C20H30O4/c1-12(2)14-6-7-16-15-5-4-13(11-21)8-9-19(15,3)17(22)10-20(14,16)18(23)24/h4-5,8,12,14-17,21-22H,6-7,9-11H2,1-3H3,(H,23,24)/t14-,15+,16+,17-,19+,20+/m1/s1. The molecule has 0 amide bonds. The van der Waals surface area contributed by atoms with Gasteiger partial charge in [0, 0.05) is 5.41 Å². The molecule has 0 bridgehead atoms. The highest BCUT2D eigenvalue weighted by atomic mass is 16.4. The summed E-state index contributed by atoms with van der Waals surface area (Å²) in [5.74, 6) is -0.248. The Kier molecular flexibility index (Phi) is 4.42. The van der Waals surface area contributed by atoms with Crippen LogP contribution in [0.5, 0.6) is 0 Å². The second kappa shape index (κ2) is 5.99. The van der Waals surface area contributed by atoms with Crippen LogP contribution in [-0.2, 0) is 4.79 Å². The summed E-state index contributed by atoms with van der Waals surface area (Å²) in [6.45, 7) is 6.27. The molecule has 3 rings (SSSR count). The lowest BCUT2D eigenvalue weighted by Gasteiger charge is -2.55. The van der Waals surface area contributed by atoms with Gasteiger partial charge in [0.25, 0.3) is 0 Å². The van der Waals surface area contributed by atoms with Crippen molar-refractivity contribution in [3.63, 3.8) is 0 Å². The number of allylic oxidation sites excluding steroid dienone is 2. The number of aliphatic hydroxyl groups excluding tert-OH is 2. The number of rotatable bonds is 3. The quantitative estimate of drug-likeness (QED) is 0.741. The van der Waals surface area contributed by atoms with E-state index in [9.17, 15) is 20.1 Å². The first-order valence-corrected chi connectivity index (χ1v) is 9.17. The maximum Gasteiger partial charge on any atom is 0.310 e. The van der Waals surface area contributed by atoms with E-state index >= 15 is 0 Å². The second-order valence-electron chi connectivity index (χ2n) is 8.63. The fraction of sp³-hybridized carbons (Fsp3) is 0.750. The zero-order valence-electron chi connectivity index (χ0n) is 14.9. The van der Waals surface area contributed by atoms with Crippen LogP contribution in [0.25, 0.3) is 0 Å². The van der Waals surface area contributed by atoms with Gasteiger partial charge >= 0.3 is 5.97 Å². The highest BCUT2D eigenvalue weighted by molar-refractivity contribution is 5.76. The van der Waals surface area contributed by atoms with Crippen LogP contribution in [0.4, 0.5) is 0 Å². The molecule has 4 nitrogen and oxygen atoms in total. The Morgan fingerprint density at radius 3 is 2.67 bits per heavy atom. The summed E-state index contributed by atoms with van der Waals surface area (Å²) in [4.78, 5) is 12.4. The van der Waals surface area contributed by atoms with Crippen LogP contribution in [-0.4, -0.2) is 34.0 Å². The minimum Gasteiger partial charge on any atom is -0.481 e. The molecule has 0 aliphatic heterocycles. The molecule has 6 atom stereocenters. The molecular formula is C20H30O4. The fourth-order valence-electron chi connectivity index (χ4n) is 5.91.